The van der Waals surface area contributed by atoms with E-state index in [1.807, 2.05) is 18.2 Å². The van der Waals surface area contributed by atoms with Crippen LogP contribution < -0.4 is 11.5 Å². The Kier molecular flexibility index (Phi) is 3.35. The molecule has 0 bridgehead atoms. The van der Waals surface area contributed by atoms with Gasteiger partial charge in [0.2, 0.25) is 5.91 Å². The van der Waals surface area contributed by atoms with Crippen LogP contribution in [0.5, 0.6) is 0 Å². The summed E-state index contributed by atoms with van der Waals surface area (Å²) in [6, 6.07) is 10.0. The Morgan fingerprint density at radius 2 is 1.90 bits per heavy atom. The second kappa shape index (κ2) is 5.18. The number of amides is 1. The first-order valence-electron chi connectivity index (χ1n) is 6.71. The van der Waals surface area contributed by atoms with Crippen molar-refractivity contribution >= 4 is 11.6 Å². The van der Waals surface area contributed by atoms with Gasteiger partial charge in [-0.2, -0.15) is 0 Å². The van der Waals surface area contributed by atoms with Gasteiger partial charge >= 0.3 is 0 Å². The molecule has 0 fully saturated rings. The number of rotatable bonds is 3. The monoisotopic (exact) mass is 285 g/mol. The Morgan fingerprint density at radius 3 is 2.67 bits per heavy atom. The van der Waals surface area contributed by atoms with Crippen LogP contribution in [0.25, 0.3) is 0 Å². The summed E-state index contributed by atoms with van der Waals surface area (Å²) in [6.07, 6.45) is 0. The van der Waals surface area contributed by atoms with E-state index in [1.54, 1.807) is 0 Å². The molecule has 0 radical (unpaired) electrons. The number of nitrogens with zero attached hydrogens (tertiary/aromatic N) is 1. The zero-order valence-corrected chi connectivity index (χ0v) is 11.5. The van der Waals surface area contributed by atoms with E-state index in [0.717, 1.165) is 18.8 Å². The first kappa shape index (κ1) is 13.6. The lowest BCUT2D eigenvalue weighted by Gasteiger charge is -2.15. The molecule has 0 atom stereocenters. The molecule has 0 aliphatic carbocycles. The number of hydrogen-bond acceptors (Lipinski definition) is 3. The smallest absolute Gasteiger partial charge is 0.248 e. The van der Waals surface area contributed by atoms with E-state index < -0.39 is 5.91 Å². The molecule has 0 saturated heterocycles. The molecule has 0 aromatic heterocycles. The summed E-state index contributed by atoms with van der Waals surface area (Å²) in [5.41, 5.74) is 14.9. The Balaban J connectivity index is 1.80. The van der Waals surface area contributed by atoms with Crippen LogP contribution in [0.1, 0.15) is 27.0 Å². The molecule has 1 heterocycles. The molecule has 4 nitrogen and oxygen atoms in total. The van der Waals surface area contributed by atoms with Crippen LogP contribution in [0.2, 0.25) is 0 Å². The van der Waals surface area contributed by atoms with Crippen molar-refractivity contribution in [2.45, 2.75) is 19.6 Å². The van der Waals surface area contributed by atoms with Gasteiger partial charge in [0, 0.05) is 36.4 Å². The first-order chi connectivity index (χ1) is 10.0. The first-order valence-corrected chi connectivity index (χ1v) is 6.71. The minimum atomic E-state index is -0.547. The van der Waals surface area contributed by atoms with Gasteiger partial charge in [-0.1, -0.05) is 6.07 Å². The Bertz CT molecular complexity index is 715. The maximum atomic E-state index is 13.9. The number of benzene rings is 2. The predicted octanol–water partition coefficient (Wildman–Crippen LogP) is 2.02. The van der Waals surface area contributed by atoms with E-state index in [1.165, 1.54) is 29.3 Å². The third-order valence-corrected chi connectivity index (χ3v) is 3.74. The molecule has 3 rings (SSSR count). The van der Waals surface area contributed by atoms with Crippen molar-refractivity contribution < 1.29 is 9.18 Å². The molecular weight excluding hydrogens is 269 g/mol. The van der Waals surface area contributed by atoms with Gasteiger partial charge in [-0.05, 0) is 41.5 Å². The summed E-state index contributed by atoms with van der Waals surface area (Å²) >= 11 is 0. The second-order valence-electron chi connectivity index (χ2n) is 5.34. The molecule has 108 valence electrons. The van der Waals surface area contributed by atoms with Crippen LogP contribution in [0.4, 0.5) is 10.1 Å². The number of halogens is 1. The molecule has 2 aromatic rings. The van der Waals surface area contributed by atoms with E-state index in [-0.39, 0.29) is 5.82 Å². The zero-order chi connectivity index (χ0) is 15.0. The lowest BCUT2D eigenvalue weighted by Crippen LogP contribution is -2.18. The van der Waals surface area contributed by atoms with Crippen molar-refractivity contribution in [1.29, 1.82) is 0 Å². The average molecular weight is 285 g/mol. The van der Waals surface area contributed by atoms with Crippen LogP contribution in [-0.4, -0.2) is 10.8 Å². The average Bonchev–Trinajstić information content (AvgIpc) is 2.82. The SMILES string of the molecule is NC(=O)c1ccc(F)c(CN2Cc3ccc(N)cc3C2)c1. The van der Waals surface area contributed by atoms with Gasteiger partial charge in [-0.15, -0.1) is 0 Å². The summed E-state index contributed by atoms with van der Waals surface area (Å²) in [5.74, 6) is -0.871. The fourth-order valence-electron chi connectivity index (χ4n) is 2.69. The fraction of sp³-hybridized carbons (Fsp3) is 0.188. The van der Waals surface area contributed by atoms with Gasteiger partial charge in [0.15, 0.2) is 0 Å². The van der Waals surface area contributed by atoms with Crippen molar-refractivity contribution in [3.63, 3.8) is 0 Å². The second-order valence-corrected chi connectivity index (χ2v) is 5.34. The topological polar surface area (TPSA) is 72.4 Å². The van der Waals surface area contributed by atoms with E-state index in [9.17, 15) is 9.18 Å². The number of anilines is 1. The van der Waals surface area contributed by atoms with E-state index in [0.29, 0.717) is 17.7 Å². The van der Waals surface area contributed by atoms with Crippen molar-refractivity contribution in [3.05, 3.63) is 64.5 Å². The number of carbonyl (C=O) groups is 1. The fourth-order valence-corrected chi connectivity index (χ4v) is 2.69. The molecule has 21 heavy (non-hydrogen) atoms. The van der Waals surface area contributed by atoms with Crippen LogP contribution in [0, 0.1) is 5.82 Å². The summed E-state index contributed by atoms with van der Waals surface area (Å²) in [6.45, 7) is 1.90. The maximum Gasteiger partial charge on any atom is 0.248 e. The zero-order valence-electron chi connectivity index (χ0n) is 11.5. The Labute approximate surface area is 122 Å². The van der Waals surface area contributed by atoms with Gasteiger partial charge in [0.25, 0.3) is 0 Å². The Morgan fingerprint density at radius 1 is 1.14 bits per heavy atom. The highest BCUT2D eigenvalue weighted by atomic mass is 19.1. The molecule has 1 amide bonds. The van der Waals surface area contributed by atoms with Crippen molar-refractivity contribution in [2.24, 2.45) is 5.73 Å². The van der Waals surface area contributed by atoms with Gasteiger partial charge in [0.1, 0.15) is 5.82 Å². The highest BCUT2D eigenvalue weighted by molar-refractivity contribution is 5.92. The van der Waals surface area contributed by atoms with Gasteiger partial charge < -0.3 is 11.5 Å². The summed E-state index contributed by atoms with van der Waals surface area (Å²) in [4.78, 5) is 13.3. The lowest BCUT2D eigenvalue weighted by molar-refractivity contribution is 0.1000. The summed E-state index contributed by atoms with van der Waals surface area (Å²) in [7, 11) is 0. The maximum absolute atomic E-state index is 13.9. The molecular formula is C16H16FN3O. The number of nitrogen functional groups attached to an aromatic ring is 1. The molecule has 1 aliphatic heterocycles. The van der Waals surface area contributed by atoms with Crippen molar-refractivity contribution in [1.82, 2.24) is 4.90 Å². The van der Waals surface area contributed by atoms with E-state index >= 15 is 0 Å². The summed E-state index contributed by atoms with van der Waals surface area (Å²) < 4.78 is 13.9. The van der Waals surface area contributed by atoms with Crippen molar-refractivity contribution in [3.8, 4) is 0 Å². The minimum absolute atomic E-state index is 0.324. The predicted molar refractivity (Wildman–Crippen MR) is 78.7 cm³/mol. The standard InChI is InChI=1S/C16H16FN3O/c17-15-4-2-10(16(19)21)5-13(15)9-20-7-11-1-3-14(18)6-12(11)8-20/h1-6H,7-9,18H2,(H2,19,21). The van der Waals surface area contributed by atoms with Gasteiger partial charge in [-0.25, -0.2) is 4.39 Å². The number of nitrogens with two attached hydrogens (primary N) is 2. The molecule has 4 N–H and O–H groups in total. The normalized spacial score (nSPS) is 14.1. The third kappa shape index (κ3) is 2.73. The third-order valence-electron chi connectivity index (χ3n) is 3.74. The quantitative estimate of drug-likeness (QED) is 0.847. The van der Waals surface area contributed by atoms with Crippen LogP contribution in [0.3, 0.4) is 0 Å². The molecule has 0 unspecified atom stereocenters. The lowest BCUT2D eigenvalue weighted by atomic mass is 10.1. The van der Waals surface area contributed by atoms with E-state index in [2.05, 4.69) is 4.90 Å². The van der Waals surface area contributed by atoms with Crippen LogP contribution >= 0.6 is 0 Å². The highest BCUT2D eigenvalue weighted by Crippen LogP contribution is 2.26. The summed E-state index contributed by atoms with van der Waals surface area (Å²) in [5, 5.41) is 0. The van der Waals surface area contributed by atoms with Gasteiger partial charge in [0.05, 0.1) is 0 Å². The highest BCUT2D eigenvalue weighted by Gasteiger charge is 2.20. The number of carbonyl (C=O) groups excluding carboxylic acids is 1. The number of fused-ring (bicyclic) bond motifs is 1. The minimum Gasteiger partial charge on any atom is -0.399 e. The van der Waals surface area contributed by atoms with Crippen LogP contribution in [-0.2, 0) is 19.6 Å². The molecule has 1 aliphatic rings. The van der Waals surface area contributed by atoms with Crippen molar-refractivity contribution in [2.75, 3.05) is 5.73 Å². The van der Waals surface area contributed by atoms with Gasteiger partial charge in [-0.3, -0.25) is 9.69 Å². The Hall–Kier alpha value is -2.40. The largest absolute Gasteiger partial charge is 0.399 e. The molecule has 0 saturated carbocycles. The van der Waals surface area contributed by atoms with Crippen LogP contribution in [0.15, 0.2) is 36.4 Å². The van der Waals surface area contributed by atoms with E-state index in [4.69, 9.17) is 11.5 Å². The number of primary amides is 1. The molecule has 2 aromatic carbocycles. The molecule has 0 spiro atoms. The number of hydrogen-bond donors (Lipinski definition) is 2. The molecule has 5 heteroatoms.